The SMILES string of the molecule is CCC[C@H]1CC=CC[C@@H]1CCC. The van der Waals surface area contributed by atoms with Gasteiger partial charge in [0.1, 0.15) is 0 Å². The van der Waals surface area contributed by atoms with E-state index in [9.17, 15) is 0 Å². The van der Waals surface area contributed by atoms with Gasteiger partial charge in [0.05, 0.1) is 0 Å². The second kappa shape index (κ2) is 5.40. The normalized spacial score (nSPS) is 29.2. The van der Waals surface area contributed by atoms with E-state index in [0.717, 1.165) is 11.8 Å². The molecule has 0 heterocycles. The van der Waals surface area contributed by atoms with Gasteiger partial charge in [-0.25, -0.2) is 0 Å². The van der Waals surface area contributed by atoms with E-state index in [-0.39, 0.29) is 0 Å². The molecule has 12 heavy (non-hydrogen) atoms. The summed E-state index contributed by atoms with van der Waals surface area (Å²) in [6, 6.07) is 0. The molecule has 0 saturated carbocycles. The highest BCUT2D eigenvalue weighted by molar-refractivity contribution is 4.94. The van der Waals surface area contributed by atoms with E-state index in [0.29, 0.717) is 0 Å². The van der Waals surface area contributed by atoms with E-state index >= 15 is 0 Å². The average molecular weight is 166 g/mol. The van der Waals surface area contributed by atoms with Crippen molar-refractivity contribution in [2.45, 2.75) is 52.4 Å². The maximum atomic E-state index is 2.38. The van der Waals surface area contributed by atoms with Crippen molar-refractivity contribution in [3.63, 3.8) is 0 Å². The van der Waals surface area contributed by atoms with Gasteiger partial charge >= 0.3 is 0 Å². The minimum atomic E-state index is 1.000. The van der Waals surface area contributed by atoms with E-state index in [2.05, 4.69) is 26.0 Å². The molecule has 1 aliphatic carbocycles. The Morgan fingerprint density at radius 1 is 0.917 bits per heavy atom. The second-order valence-corrected chi connectivity index (χ2v) is 4.04. The molecule has 0 radical (unpaired) electrons. The highest BCUT2D eigenvalue weighted by Crippen LogP contribution is 2.32. The van der Waals surface area contributed by atoms with Crippen molar-refractivity contribution in [3.8, 4) is 0 Å². The molecule has 0 N–H and O–H groups in total. The van der Waals surface area contributed by atoms with Crippen molar-refractivity contribution >= 4 is 0 Å². The molecule has 0 aromatic heterocycles. The summed E-state index contributed by atoms with van der Waals surface area (Å²) in [7, 11) is 0. The maximum Gasteiger partial charge on any atom is -0.0319 e. The molecule has 0 fully saturated rings. The molecule has 0 bridgehead atoms. The van der Waals surface area contributed by atoms with Crippen LogP contribution in [0.25, 0.3) is 0 Å². The van der Waals surface area contributed by atoms with Crippen LogP contribution in [0.2, 0.25) is 0 Å². The minimum Gasteiger partial charge on any atom is -0.0882 e. The van der Waals surface area contributed by atoms with Gasteiger partial charge in [-0.1, -0.05) is 51.7 Å². The van der Waals surface area contributed by atoms with E-state index in [1.807, 2.05) is 0 Å². The Hall–Kier alpha value is -0.260. The van der Waals surface area contributed by atoms with E-state index in [1.54, 1.807) is 0 Å². The lowest BCUT2D eigenvalue weighted by molar-refractivity contribution is 0.283. The Morgan fingerprint density at radius 3 is 1.67 bits per heavy atom. The van der Waals surface area contributed by atoms with Crippen LogP contribution in [0.5, 0.6) is 0 Å². The van der Waals surface area contributed by atoms with Crippen molar-refractivity contribution < 1.29 is 0 Å². The third kappa shape index (κ3) is 2.66. The van der Waals surface area contributed by atoms with Gasteiger partial charge in [-0.3, -0.25) is 0 Å². The third-order valence-corrected chi connectivity index (χ3v) is 3.03. The molecule has 0 amide bonds. The summed E-state index contributed by atoms with van der Waals surface area (Å²) in [5.41, 5.74) is 0. The van der Waals surface area contributed by atoms with Crippen LogP contribution in [0.1, 0.15) is 52.4 Å². The molecule has 1 rings (SSSR count). The zero-order valence-electron chi connectivity index (χ0n) is 8.55. The van der Waals surface area contributed by atoms with E-state index < -0.39 is 0 Å². The van der Waals surface area contributed by atoms with Crippen LogP contribution in [0, 0.1) is 11.8 Å². The largest absolute Gasteiger partial charge is 0.0882 e. The monoisotopic (exact) mass is 166 g/mol. The van der Waals surface area contributed by atoms with Crippen molar-refractivity contribution in [2.24, 2.45) is 11.8 Å². The molecule has 0 spiro atoms. The maximum absolute atomic E-state index is 2.38. The molecule has 0 unspecified atom stereocenters. The van der Waals surface area contributed by atoms with Crippen molar-refractivity contribution in [1.82, 2.24) is 0 Å². The fraction of sp³-hybridized carbons (Fsp3) is 0.833. The smallest absolute Gasteiger partial charge is 0.0319 e. The Labute approximate surface area is 77.1 Å². The Kier molecular flexibility index (Phi) is 4.42. The molecule has 0 heteroatoms. The van der Waals surface area contributed by atoms with Crippen LogP contribution in [0.15, 0.2) is 12.2 Å². The average Bonchev–Trinajstić information content (AvgIpc) is 2.09. The highest BCUT2D eigenvalue weighted by Gasteiger charge is 2.20. The number of hydrogen-bond donors (Lipinski definition) is 0. The fourth-order valence-electron chi connectivity index (χ4n) is 2.38. The van der Waals surface area contributed by atoms with E-state index in [1.165, 1.54) is 38.5 Å². The van der Waals surface area contributed by atoms with Crippen LogP contribution in [0.4, 0.5) is 0 Å². The van der Waals surface area contributed by atoms with Crippen LogP contribution in [-0.4, -0.2) is 0 Å². The molecule has 70 valence electrons. The summed E-state index contributed by atoms with van der Waals surface area (Å²) >= 11 is 0. The zero-order chi connectivity index (χ0) is 8.81. The lowest BCUT2D eigenvalue weighted by atomic mass is 9.78. The topological polar surface area (TPSA) is 0 Å². The number of allylic oxidation sites excluding steroid dienone is 2. The van der Waals surface area contributed by atoms with Crippen molar-refractivity contribution in [1.29, 1.82) is 0 Å². The molecule has 0 aromatic rings. The van der Waals surface area contributed by atoms with Crippen LogP contribution in [0.3, 0.4) is 0 Å². The molecule has 2 atom stereocenters. The highest BCUT2D eigenvalue weighted by atomic mass is 14.2. The standard InChI is InChI=1S/C12H22/c1-3-7-11-9-5-6-10-12(11)8-4-2/h5-6,11-12H,3-4,7-10H2,1-2H3/t11-,12-/m0/s1. The van der Waals surface area contributed by atoms with Crippen molar-refractivity contribution in [3.05, 3.63) is 12.2 Å². The van der Waals surface area contributed by atoms with Gasteiger partial charge in [0, 0.05) is 0 Å². The fourth-order valence-corrected chi connectivity index (χ4v) is 2.38. The summed E-state index contributed by atoms with van der Waals surface area (Å²) in [5, 5.41) is 0. The van der Waals surface area contributed by atoms with Gasteiger partial charge in [-0.2, -0.15) is 0 Å². The quantitative estimate of drug-likeness (QED) is 0.550. The predicted octanol–water partition coefficient (Wildman–Crippen LogP) is 4.17. The van der Waals surface area contributed by atoms with Gasteiger partial charge in [-0.15, -0.1) is 0 Å². The third-order valence-electron chi connectivity index (χ3n) is 3.03. The lowest BCUT2D eigenvalue weighted by Gasteiger charge is -2.27. The predicted molar refractivity (Wildman–Crippen MR) is 55.2 cm³/mol. The van der Waals surface area contributed by atoms with Crippen molar-refractivity contribution in [2.75, 3.05) is 0 Å². The molecule has 0 aliphatic heterocycles. The molecule has 0 saturated heterocycles. The lowest BCUT2D eigenvalue weighted by Crippen LogP contribution is -2.16. The van der Waals surface area contributed by atoms with Gasteiger partial charge in [0.2, 0.25) is 0 Å². The van der Waals surface area contributed by atoms with Gasteiger partial charge in [0.25, 0.3) is 0 Å². The molecule has 0 nitrogen and oxygen atoms in total. The first-order valence-electron chi connectivity index (χ1n) is 5.53. The number of hydrogen-bond acceptors (Lipinski definition) is 0. The second-order valence-electron chi connectivity index (χ2n) is 4.04. The van der Waals surface area contributed by atoms with Gasteiger partial charge in [-0.05, 0) is 24.7 Å². The van der Waals surface area contributed by atoms with Gasteiger partial charge < -0.3 is 0 Å². The molecule has 1 aliphatic rings. The van der Waals surface area contributed by atoms with Crippen LogP contribution >= 0.6 is 0 Å². The molecule has 0 aromatic carbocycles. The van der Waals surface area contributed by atoms with Crippen LogP contribution in [-0.2, 0) is 0 Å². The first-order valence-corrected chi connectivity index (χ1v) is 5.53. The summed E-state index contributed by atoms with van der Waals surface area (Å²) in [4.78, 5) is 0. The number of rotatable bonds is 4. The van der Waals surface area contributed by atoms with Crippen LogP contribution < -0.4 is 0 Å². The van der Waals surface area contributed by atoms with E-state index in [4.69, 9.17) is 0 Å². The minimum absolute atomic E-state index is 1.000. The Bertz CT molecular complexity index is 119. The summed E-state index contributed by atoms with van der Waals surface area (Å²) in [6.45, 7) is 4.61. The van der Waals surface area contributed by atoms with Gasteiger partial charge in [0.15, 0.2) is 0 Å². The Morgan fingerprint density at radius 2 is 1.33 bits per heavy atom. The Balaban J connectivity index is 2.39. The first-order chi connectivity index (χ1) is 5.88. The summed E-state index contributed by atoms with van der Waals surface area (Å²) < 4.78 is 0. The summed E-state index contributed by atoms with van der Waals surface area (Å²) in [6.07, 6.45) is 13.1. The summed E-state index contributed by atoms with van der Waals surface area (Å²) in [5.74, 6) is 2.00. The first kappa shape index (κ1) is 9.83. The molecular weight excluding hydrogens is 144 g/mol. The molecular formula is C12H22. The zero-order valence-corrected chi connectivity index (χ0v) is 8.55.